The molecule has 6 heterocycles. The number of ether oxygens (including phenoxy) is 1. The molecule has 16 N–H and O–H groups in total. The van der Waals surface area contributed by atoms with Gasteiger partial charge in [-0.1, -0.05) is 81.6 Å². The van der Waals surface area contributed by atoms with E-state index in [9.17, 15) is 61.5 Å². The highest BCUT2D eigenvalue weighted by Crippen LogP contribution is 2.33. The van der Waals surface area contributed by atoms with E-state index in [2.05, 4.69) is 77.5 Å². The van der Waals surface area contributed by atoms with Crippen molar-refractivity contribution in [3.05, 3.63) is 124 Å². The second-order valence-electron chi connectivity index (χ2n) is 26.4. The molecule has 7 atom stereocenters. The number of para-hydroxylation sites is 1. The molecular weight excluding hydrogens is 1400 g/mol. The molecule has 0 spiro atoms. The van der Waals surface area contributed by atoms with Crippen molar-refractivity contribution >= 4 is 91.1 Å². The maximum atomic E-state index is 14.7. The number of sulfonamides is 1. The number of likely N-dealkylation sites (N-methyl/N-ethyl adjacent to an activating group) is 1. The lowest BCUT2D eigenvalue weighted by Crippen LogP contribution is -2.61. The lowest BCUT2D eigenvalue weighted by molar-refractivity contribution is -0.142. The molecule has 34 nitrogen and oxygen atoms in total. The van der Waals surface area contributed by atoms with E-state index in [1.54, 1.807) is 67.8 Å². The molecule has 8 amide bonds. The number of carboxylic acids is 1. The number of benzene rings is 3. The molecule has 2 aliphatic heterocycles. The smallest absolute Gasteiger partial charge is 0.326 e. The predicted octanol–water partition coefficient (Wildman–Crippen LogP) is 0.962. The highest BCUT2D eigenvalue weighted by atomic mass is 32.2. The van der Waals surface area contributed by atoms with Crippen LogP contribution in [0.25, 0.3) is 33.3 Å². The Bertz CT molecular complexity index is 4440. The Labute approximate surface area is 619 Å². The van der Waals surface area contributed by atoms with Crippen molar-refractivity contribution in [2.24, 2.45) is 23.5 Å². The third-order valence-corrected chi connectivity index (χ3v) is 20.0. The molecule has 107 heavy (non-hydrogen) atoms. The van der Waals surface area contributed by atoms with Gasteiger partial charge in [0, 0.05) is 101 Å². The number of aromatic amines is 3. The van der Waals surface area contributed by atoms with E-state index in [1.165, 1.54) is 28.4 Å². The van der Waals surface area contributed by atoms with Crippen molar-refractivity contribution < 1.29 is 61.4 Å². The molecule has 576 valence electrons. The molecule has 2 saturated heterocycles. The Morgan fingerprint density at radius 2 is 1.45 bits per heavy atom. The number of carboxylic acid groups (broad SMARTS) is 1. The van der Waals surface area contributed by atoms with Crippen molar-refractivity contribution in [2.45, 2.75) is 165 Å². The Morgan fingerprint density at radius 1 is 0.776 bits per heavy atom. The summed E-state index contributed by atoms with van der Waals surface area (Å²) in [6, 6.07) is 10.9. The summed E-state index contributed by atoms with van der Waals surface area (Å²) in [6.45, 7) is 9.67. The summed E-state index contributed by atoms with van der Waals surface area (Å²) in [5.74, 6) is -7.09. The van der Waals surface area contributed by atoms with Crippen LogP contribution in [0, 0.1) is 0 Å². The number of piperazine rings is 1. The maximum Gasteiger partial charge on any atom is 0.326 e. The first-order valence-electron chi connectivity index (χ1n) is 35.9. The lowest BCUT2D eigenvalue weighted by atomic mass is 10.0. The van der Waals surface area contributed by atoms with Gasteiger partial charge in [-0.05, 0) is 94.3 Å². The summed E-state index contributed by atoms with van der Waals surface area (Å²) in [6.07, 6.45) is 6.83. The van der Waals surface area contributed by atoms with Gasteiger partial charge in [0.15, 0.2) is 11.5 Å². The number of aliphatic carboxylic acids is 1. The number of carbonyl (C=O) groups excluding carboxylic acids is 8. The summed E-state index contributed by atoms with van der Waals surface area (Å²) in [4.78, 5) is 161. The predicted molar refractivity (Wildman–Crippen MR) is 398 cm³/mol. The Hall–Kier alpha value is -11.1. The summed E-state index contributed by atoms with van der Waals surface area (Å²) in [5.41, 5.74) is 15.3. The van der Waals surface area contributed by atoms with E-state index < -0.39 is 112 Å². The zero-order chi connectivity index (χ0) is 77.3. The quantitative estimate of drug-likeness (QED) is 0.0228. The minimum Gasteiger partial charge on any atom is -0.493 e. The van der Waals surface area contributed by atoms with Crippen molar-refractivity contribution in [3.8, 4) is 17.1 Å². The number of amides is 8. The van der Waals surface area contributed by atoms with Gasteiger partial charge in [-0.15, -0.1) is 0 Å². The van der Waals surface area contributed by atoms with Crippen LogP contribution in [0.5, 0.6) is 5.75 Å². The molecular formula is C72H98N20O14S. The van der Waals surface area contributed by atoms with Crippen LogP contribution in [0.3, 0.4) is 0 Å². The van der Waals surface area contributed by atoms with Gasteiger partial charge in [0.05, 0.1) is 35.5 Å². The summed E-state index contributed by atoms with van der Waals surface area (Å²) in [5, 5.41) is 36.8. The number of aromatic nitrogens is 7. The van der Waals surface area contributed by atoms with Crippen LogP contribution >= 0.6 is 0 Å². The second-order valence-corrected chi connectivity index (χ2v) is 28.3. The van der Waals surface area contributed by atoms with Crippen LogP contribution in [-0.4, -0.2) is 212 Å². The number of aliphatic imine (C=N–C) groups is 1. The fraction of sp³-hybridized carbons (Fsp3) is 0.472. The molecule has 0 radical (unpaired) electrons. The summed E-state index contributed by atoms with van der Waals surface area (Å²) >= 11 is 0. The molecule has 35 heteroatoms. The minimum atomic E-state index is -3.70. The fourth-order valence-corrected chi connectivity index (χ4v) is 13.9. The van der Waals surface area contributed by atoms with Crippen molar-refractivity contribution in [2.75, 3.05) is 52.9 Å². The normalized spacial score (nSPS) is 19.6. The molecule has 7 aromatic rings. The zero-order valence-electron chi connectivity index (χ0n) is 61.0. The molecule has 0 aliphatic carbocycles. The second kappa shape index (κ2) is 39.3. The topological polar surface area (TPSA) is 492 Å². The van der Waals surface area contributed by atoms with Crippen LogP contribution in [0.4, 0.5) is 0 Å². The lowest BCUT2D eigenvalue weighted by Gasteiger charge is -2.31. The number of fused-ring (bicyclic) bond motifs is 2. The van der Waals surface area contributed by atoms with Gasteiger partial charge in [0.2, 0.25) is 57.3 Å². The van der Waals surface area contributed by atoms with Gasteiger partial charge >= 0.3 is 5.97 Å². The Morgan fingerprint density at radius 3 is 2.12 bits per heavy atom. The number of hydrogen-bond donors (Lipinski definition) is 14. The fourth-order valence-electron chi connectivity index (χ4n) is 12.5. The number of hydrogen-bond acceptors (Lipinski definition) is 18. The van der Waals surface area contributed by atoms with Gasteiger partial charge in [0.1, 0.15) is 59.4 Å². The van der Waals surface area contributed by atoms with E-state index in [0.717, 1.165) is 23.0 Å². The van der Waals surface area contributed by atoms with Crippen LogP contribution < -0.4 is 64.3 Å². The van der Waals surface area contributed by atoms with Crippen molar-refractivity contribution in [3.63, 3.8) is 0 Å². The largest absolute Gasteiger partial charge is 0.493 e. The number of nitrogens with zero attached hydrogens (tertiary/aromatic N) is 7. The average Bonchev–Trinajstić information content (AvgIpc) is 1.73. The first-order chi connectivity index (χ1) is 51.3. The van der Waals surface area contributed by atoms with Crippen LogP contribution in [-0.2, 0) is 85.9 Å². The molecule has 9 rings (SSSR count). The van der Waals surface area contributed by atoms with Gasteiger partial charge in [-0.2, -0.15) is 9.40 Å². The van der Waals surface area contributed by atoms with E-state index in [1.807, 2.05) is 46.0 Å². The van der Waals surface area contributed by atoms with Crippen molar-refractivity contribution in [1.29, 1.82) is 0 Å². The van der Waals surface area contributed by atoms with Gasteiger partial charge in [0.25, 0.3) is 5.56 Å². The maximum absolute atomic E-state index is 14.7. The highest BCUT2D eigenvalue weighted by molar-refractivity contribution is 7.89. The SMILES string of the molecule is CCCC[C@H](NC(C)=O)C(=O)N[C@H]1CC(=O)NCCCC[C@@H](C(=O)O)NC(=O)[C@H](Cc2c[nH]c3ccccc23)NC(=O)[C@H](CCCN=C(N)N)NC(=O)[C@@H](Cc2ccccc2)NC(=O)[C@H](Cc2cnc[nH]2)NC1=O.CCCc1nn(C)c2c(=O)[nH]c(-c3cc(S(=O)(=O)N4CCN(C)CC4)ccc3OCC)nc12. The summed E-state index contributed by atoms with van der Waals surface area (Å²) < 4.78 is 35.4. The molecule has 0 saturated carbocycles. The minimum absolute atomic E-state index is 0.00489. The van der Waals surface area contributed by atoms with Gasteiger partial charge in [-0.3, -0.25) is 52.8 Å². The van der Waals surface area contributed by atoms with Crippen molar-refractivity contribution in [1.82, 2.24) is 86.4 Å². The van der Waals surface area contributed by atoms with E-state index >= 15 is 0 Å². The number of nitrogens with one attached hydrogen (secondary N) is 11. The van der Waals surface area contributed by atoms with Crippen LogP contribution in [0.2, 0.25) is 0 Å². The first kappa shape index (κ1) is 81.6. The highest BCUT2D eigenvalue weighted by Gasteiger charge is 2.37. The molecule has 2 aliphatic rings. The monoisotopic (exact) mass is 1500 g/mol. The molecule has 0 unspecified atom stereocenters. The van der Waals surface area contributed by atoms with Crippen LogP contribution in [0.15, 0.2) is 106 Å². The summed E-state index contributed by atoms with van der Waals surface area (Å²) in [7, 11) is -0.00831. The Kier molecular flexibility index (Phi) is 30.0. The third-order valence-electron chi connectivity index (χ3n) is 18.1. The molecule has 3 aromatic carbocycles. The number of carbonyl (C=O) groups is 9. The zero-order valence-corrected chi connectivity index (χ0v) is 61.8. The number of aryl methyl sites for hydroxylation is 2. The molecule has 2 fully saturated rings. The molecule has 0 bridgehead atoms. The number of H-pyrrole nitrogens is 3. The molecule has 4 aromatic heterocycles. The van der Waals surface area contributed by atoms with E-state index in [0.29, 0.717) is 91.2 Å². The van der Waals surface area contributed by atoms with Crippen LogP contribution in [0.1, 0.15) is 114 Å². The third kappa shape index (κ3) is 23.2. The van der Waals surface area contributed by atoms with Gasteiger partial charge < -0.3 is 83.7 Å². The van der Waals surface area contributed by atoms with E-state index in [4.69, 9.17) is 21.2 Å². The first-order valence-corrected chi connectivity index (χ1v) is 37.3. The van der Waals surface area contributed by atoms with Gasteiger partial charge in [-0.25, -0.2) is 23.2 Å². The number of guanidine groups is 1. The average molecular weight is 1500 g/mol. The Balaban J connectivity index is 0.000000361. The number of rotatable bonds is 24. The van der Waals surface area contributed by atoms with E-state index in [-0.39, 0.29) is 93.1 Å². The number of unbranched alkanes of at least 4 members (excludes halogenated alkanes) is 1. The number of imidazole rings is 1. The number of nitrogens with two attached hydrogens (primary N) is 2. The standard InChI is InChI=1S/C50H68N14O10.C22H30N6O4S/c1-3-4-16-35(58-29(2)65)43(67)64-41-25-42(66)54-20-11-10-18-37(49(73)74)60-46(70)39(23-31-26-56-34-17-9-8-15-33(31)34)62-44(68)36(19-12-21-55-50(51)52)59-45(69)38(22-30-13-6-5-7-14-30)61-47(71)40(63-48(41)72)24-32-27-53-28-57-32;1-5-7-17-19-20(27(4)25-17)22(29)24-21(23-19)16-14-15(8-9-18(16)32-6-2)33(30,31)28-12-10-26(3)11-13-28/h5-9,13-15,17,26-28,35-41,56H,3-4,10-12,16,18-25H2,1-2H3,(H,53,57)(H,54,66)(H,58,65)(H,59,69)(H,60,70)(H,61,71)(H,62,68)(H,63,72)(H,64,67)(H,73,74)(H4,51,52,55);8-9,14H,5-7,10-13H2,1-4H3,(H,23,24,29)/t35-,36-,37-,38+,39-,40-,41-;/m0./s1.